The molecule has 0 aromatic carbocycles. The van der Waals surface area contributed by atoms with Crippen LogP contribution in [0.2, 0.25) is 0 Å². The van der Waals surface area contributed by atoms with Crippen molar-refractivity contribution in [3.63, 3.8) is 0 Å². The standard InChI is InChI=1S/C12H22N2O/c15-12(11-3-4-11)14-9-6-10-2-1-7-13-8-5-10/h10-11,13H,1-9H2,(H,14,15). The zero-order valence-corrected chi connectivity index (χ0v) is 9.43. The van der Waals surface area contributed by atoms with E-state index in [1.54, 1.807) is 0 Å². The fourth-order valence-corrected chi connectivity index (χ4v) is 2.27. The van der Waals surface area contributed by atoms with E-state index in [1.807, 2.05) is 0 Å². The van der Waals surface area contributed by atoms with Gasteiger partial charge in [-0.15, -0.1) is 0 Å². The smallest absolute Gasteiger partial charge is 0.223 e. The Kier molecular flexibility index (Phi) is 4.01. The summed E-state index contributed by atoms with van der Waals surface area (Å²) in [6.45, 7) is 3.21. The molecule has 0 bridgehead atoms. The average molecular weight is 210 g/mol. The van der Waals surface area contributed by atoms with Gasteiger partial charge in [0.25, 0.3) is 0 Å². The molecule has 1 aliphatic carbocycles. The molecule has 2 aliphatic rings. The molecule has 1 aliphatic heterocycles. The van der Waals surface area contributed by atoms with Gasteiger partial charge in [-0.1, -0.05) is 0 Å². The number of carbonyl (C=O) groups excluding carboxylic acids is 1. The van der Waals surface area contributed by atoms with Crippen LogP contribution in [-0.4, -0.2) is 25.5 Å². The zero-order valence-electron chi connectivity index (χ0n) is 9.43. The number of nitrogens with one attached hydrogen (secondary N) is 2. The number of rotatable bonds is 4. The van der Waals surface area contributed by atoms with E-state index in [2.05, 4.69) is 10.6 Å². The Balaban J connectivity index is 1.57. The van der Waals surface area contributed by atoms with Crippen LogP contribution in [0.3, 0.4) is 0 Å². The minimum absolute atomic E-state index is 0.293. The maximum atomic E-state index is 11.4. The first-order chi connectivity index (χ1) is 7.36. The van der Waals surface area contributed by atoms with Crippen LogP contribution >= 0.6 is 0 Å². The number of hydrogen-bond donors (Lipinski definition) is 2. The van der Waals surface area contributed by atoms with Gasteiger partial charge in [-0.2, -0.15) is 0 Å². The van der Waals surface area contributed by atoms with Crippen LogP contribution in [0.1, 0.15) is 38.5 Å². The van der Waals surface area contributed by atoms with Gasteiger partial charge in [0.15, 0.2) is 0 Å². The van der Waals surface area contributed by atoms with Gasteiger partial charge in [0.2, 0.25) is 5.91 Å². The first kappa shape index (κ1) is 10.9. The van der Waals surface area contributed by atoms with Gasteiger partial charge in [-0.05, 0) is 57.5 Å². The van der Waals surface area contributed by atoms with Crippen LogP contribution in [0.4, 0.5) is 0 Å². The van der Waals surface area contributed by atoms with Gasteiger partial charge >= 0.3 is 0 Å². The van der Waals surface area contributed by atoms with Gasteiger partial charge in [0, 0.05) is 12.5 Å². The highest BCUT2D eigenvalue weighted by Crippen LogP contribution is 2.28. The van der Waals surface area contributed by atoms with Crippen LogP contribution in [0.5, 0.6) is 0 Å². The molecule has 0 radical (unpaired) electrons. The van der Waals surface area contributed by atoms with Crippen LogP contribution < -0.4 is 10.6 Å². The van der Waals surface area contributed by atoms with E-state index in [4.69, 9.17) is 0 Å². The van der Waals surface area contributed by atoms with E-state index in [1.165, 1.54) is 32.2 Å². The molecule has 1 saturated heterocycles. The fourth-order valence-electron chi connectivity index (χ4n) is 2.27. The Labute approximate surface area is 92.0 Å². The molecule has 3 heteroatoms. The van der Waals surface area contributed by atoms with Crippen molar-refractivity contribution < 1.29 is 4.79 Å². The Morgan fingerprint density at radius 1 is 1.20 bits per heavy atom. The second-order valence-electron chi connectivity index (χ2n) is 4.90. The van der Waals surface area contributed by atoms with E-state index < -0.39 is 0 Å². The van der Waals surface area contributed by atoms with Crippen LogP contribution in [0.15, 0.2) is 0 Å². The topological polar surface area (TPSA) is 41.1 Å². The predicted octanol–water partition coefficient (Wildman–Crippen LogP) is 1.29. The molecule has 2 N–H and O–H groups in total. The van der Waals surface area contributed by atoms with Crippen LogP contribution in [0.25, 0.3) is 0 Å². The summed E-state index contributed by atoms with van der Waals surface area (Å²) in [6, 6.07) is 0. The Morgan fingerprint density at radius 2 is 2.07 bits per heavy atom. The lowest BCUT2D eigenvalue weighted by molar-refractivity contribution is -0.122. The quantitative estimate of drug-likeness (QED) is 0.734. The SMILES string of the molecule is O=C(NCCC1CCCNCC1)C1CC1. The molecule has 1 heterocycles. The van der Waals surface area contributed by atoms with Crippen LogP contribution in [0, 0.1) is 11.8 Å². The third-order valence-corrected chi connectivity index (χ3v) is 3.50. The summed E-state index contributed by atoms with van der Waals surface area (Å²) in [6.07, 6.45) is 7.28. The Morgan fingerprint density at radius 3 is 2.87 bits per heavy atom. The zero-order chi connectivity index (χ0) is 10.5. The maximum absolute atomic E-state index is 11.4. The lowest BCUT2D eigenvalue weighted by Gasteiger charge is -2.13. The molecule has 1 atom stereocenters. The van der Waals surface area contributed by atoms with Gasteiger partial charge in [0.05, 0.1) is 0 Å². The molecule has 1 saturated carbocycles. The summed E-state index contributed by atoms with van der Waals surface area (Å²) in [5.74, 6) is 1.47. The van der Waals surface area contributed by atoms with Crippen molar-refractivity contribution in [1.82, 2.24) is 10.6 Å². The lowest BCUT2D eigenvalue weighted by Crippen LogP contribution is -2.27. The minimum Gasteiger partial charge on any atom is -0.356 e. The number of amides is 1. The fraction of sp³-hybridized carbons (Fsp3) is 0.917. The highest BCUT2D eigenvalue weighted by molar-refractivity contribution is 5.80. The molecule has 15 heavy (non-hydrogen) atoms. The Hall–Kier alpha value is -0.570. The lowest BCUT2D eigenvalue weighted by atomic mass is 9.97. The number of carbonyl (C=O) groups is 1. The normalized spacial score (nSPS) is 27.1. The maximum Gasteiger partial charge on any atom is 0.223 e. The average Bonchev–Trinajstić information content (AvgIpc) is 3.06. The van der Waals surface area contributed by atoms with Crippen molar-refractivity contribution in [3.8, 4) is 0 Å². The van der Waals surface area contributed by atoms with Crippen molar-refractivity contribution in [1.29, 1.82) is 0 Å². The molecule has 0 spiro atoms. The summed E-state index contributed by atoms with van der Waals surface area (Å²) in [5.41, 5.74) is 0. The van der Waals surface area contributed by atoms with Crippen molar-refractivity contribution in [2.45, 2.75) is 38.5 Å². The van der Waals surface area contributed by atoms with Gasteiger partial charge in [-0.25, -0.2) is 0 Å². The predicted molar refractivity (Wildman–Crippen MR) is 60.6 cm³/mol. The van der Waals surface area contributed by atoms with Crippen molar-refractivity contribution >= 4 is 5.91 Å². The van der Waals surface area contributed by atoms with Crippen molar-refractivity contribution in [3.05, 3.63) is 0 Å². The summed E-state index contributed by atoms with van der Waals surface area (Å²) < 4.78 is 0. The first-order valence-electron chi connectivity index (χ1n) is 6.34. The molecule has 2 fully saturated rings. The summed E-state index contributed by atoms with van der Waals surface area (Å²) in [7, 11) is 0. The largest absolute Gasteiger partial charge is 0.356 e. The van der Waals surface area contributed by atoms with E-state index in [0.29, 0.717) is 11.8 Å². The second-order valence-corrected chi connectivity index (χ2v) is 4.90. The number of hydrogen-bond acceptors (Lipinski definition) is 2. The molecule has 2 rings (SSSR count). The van der Waals surface area contributed by atoms with Gasteiger partial charge in [-0.3, -0.25) is 4.79 Å². The molecule has 1 amide bonds. The summed E-state index contributed by atoms with van der Waals surface area (Å²) in [4.78, 5) is 11.4. The van der Waals surface area contributed by atoms with Gasteiger partial charge < -0.3 is 10.6 Å². The van der Waals surface area contributed by atoms with E-state index in [0.717, 1.165) is 31.8 Å². The molecular weight excluding hydrogens is 188 g/mol. The summed E-state index contributed by atoms with van der Waals surface area (Å²) in [5, 5.41) is 6.47. The molecule has 86 valence electrons. The highest BCUT2D eigenvalue weighted by Gasteiger charge is 2.29. The molecular formula is C12H22N2O. The second kappa shape index (κ2) is 5.50. The molecule has 3 nitrogen and oxygen atoms in total. The van der Waals surface area contributed by atoms with E-state index in [9.17, 15) is 4.79 Å². The third kappa shape index (κ3) is 3.82. The molecule has 0 aromatic heterocycles. The van der Waals surface area contributed by atoms with E-state index >= 15 is 0 Å². The summed E-state index contributed by atoms with van der Waals surface area (Å²) >= 11 is 0. The van der Waals surface area contributed by atoms with E-state index in [-0.39, 0.29) is 0 Å². The van der Waals surface area contributed by atoms with Crippen molar-refractivity contribution in [2.75, 3.05) is 19.6 Å². The Bertz CT molecular complexity index is 206. The molecule has 0 aromatic rings. The van der Waals surface area contributed by atoms with Crippen LogP contribution in [-0.2, 0) is 4.79 Å². The highest BCUT2D eigenvalue weighted by atomic mass is 16.2. The first-order valence-corrected chi connectivity index (χ1v) is 6.34. The third-order valence-electron chi connectivity index (χ3n) is 3.50. The minimum atomic E-state index is 0.293. The molecule has 1 unspecified atom stereocenters. The monoisotopic (exact) mass is 210 g/mol. The van der Waals surface area contributed by atoms with Gasteiger partial charge in [0.1, 0.15) is 0 Å². The van der Waals surface area contributed by atoms with Crippen molar-refractivity contribution in [2.24, 2.45) is 11.8 Å².